The van der Waals surface area contributed by atoms with Crippen LogP contribution >= 0.6 is 11.8 Å². The third-order valence-electron chi connectivity index (χ3n) is 3.20. The van der Waals surface area contributed by atoms with Crippen molar-refractivity contribution < 1.29 is 4.42 Å². The van der Waals surface area contributed by atoms with Crippen LogP contribution in [0.15, 0.2) is 28.7 Å². The third-order valence-corrected chi connectivity index (χ3v) is 4.42. The average Bonchev–Trinajstić information content (AvgIpc) is 2.87. The Morgan fingerprint density at radius 3 is 2.95 bits per heavy atom. The number of aromatic nitrogens is 2. The molecule has 1 N–H and O–H groups in total. The summed E-state index contributed by atoms with van der Waals surface area (Å²) in [5.74, 6) is 3.63. The monoisotopic (exact) mass is 275 g/mol. The van der Waals surface area contributed by atoms with E-state index in [1.807, 2.05) is 36.9 Å². The van der Waals surface area contributed by atoms with Crippen molar-refractivity contribution in [1.29, 1.82) is 0 Å². The third kappa shape index (κ3) is 2.92. The molecule has 1 aliphatic heterocycles. The molecule has 0 amide bonds. The molecule has 3 rings (SSSR count). The predicted molar refractivity (Wildman–Crippen MR) is 78.4 cm³/mol. The lowest BCUT2D eigenvalue weighted by molar-refractivity contribution is 0.533. The van der Waals surface area contributed by atoms with Crippen LogP contribution in [0.2, 0.25) is 0 Å². The second-order valence-corrected chi connectivity index (χ2v) is 5.88. The second kappa shape index (κ2) is 5.65. The molecule has 5 heteroatoms. The van der Waals surface area contributed by atoms with Crippen molar-refractivity contribution in [3.05, 3.63) is 30.2 Å². The number of para-hydroxylation sites is 1. The van der Waals surface area contributed by atoms with Gasteiger partial charge in [-0.1, -0.05) is 12.1 Å². The highest BCUT2D eigenvalue weighted by atomic mass is 32.2. The molecule has 2 aromatic rings. The Balaban J connectivity index is 1.84. The summed E-state index contributed by atoms with van der Waals surface area (Å²) in [6, 6.07) is 8.66. The van der Waals surface area contributed by atoms with Crippen LogP contribution in [0, 0.1) is 6.92 Å². The van der Waals surface area contributed by atoms with Gasteiger partial charge in [-0.15, -0.1) is 10.2 Å². The van der Waals surface area contributed by atoms with Gasteiger partial charge in [0.1, 0.15) is 0 Å². The largest absolute Gasteiger partial charge is 0.421 e. The lowest BCUT2D eigenvalue weighted by Gasteiger charge is -2.24. The molecule has 2 heterocycles. The van der Waals surface area contributed by atoms with Crippen LogP contribution in [-0.4, -0.2) is 27.7 Å². The summed E-state index contributed by atoms with van der Waals surface area (Å²) in [7, 11) is 0. The number of benzene rings is 1. The standard InChI is InChI=1S/C14H17N3OS/c1-10-16-17-14(18-10)12-6-2-3-7-13(12)15-11-5-4-8-19-9-11/h2-3,6-7,11,15H,4-5,8-9H2,1H3. The lowest BCUT2D eigenvalue weighted by atomic mass is 10.1. The minimum absolute atomic E-state index is 0.531. The van der Waals surface area contributed by atoms with Crippen molar-refractivity contribution in [1.82, 2.24) is 10.2 Å². The Morgan fingerprint density at radius 2 is 2.21 bits per heavy atom. The summed E-state index contributed by atoms with van der Waals surface area (Å²) in [6.07, 6.45) is 2.51. The molecule has 100 valence electrons. The van der Waals surface area contributed by atoms with Crippen molar-refractivity contribution in [3.8, 4) is 11.5 Å². The van der Waals surface area contributed by atoms with Crippen LogP contribution in [0.4, 0.5) is 5.69 Å². The van der Waals surface area contributed by atoms with E-state index in [-0.39, 0.29) is 0 Å². The summed E-state index contributed by atoms with van der Waals surface area (Å²) in [6.45, 7) is 1.81. The van der Waals surface area contributed by atoms with Crippen molar-refractivity contribution in [2.75, 3.05) is 16.8 Å². The first-order valence-corrected chi connectivity index (χ1v) is 7.72. The summed E-state index contributed by atoms with van der Waals surface area (Å²) >= 11 is 2.01. The van der Waals surface area contributed by atoms with Crippen LogP contribution in [0.25, 0.3) is 11.5 Å². The van der Waals surface area contributed by atoms with Gasteiger partial charge >= 0.3 is 0 Å². The predicted octanol–water partition coefficient (Wildman–Crippen LogP) is 3.35. The number of aryl methyl sites for hydroxylation is 1. The molecule has 1 atom stereocenters. The smallest absolute Gasteiger partial charge is 0.249 e. The fraction of sp³-hybridized carbons (Fsp3) is 0.429. The molecule has 0 saturated carbocycles. The molecule has 19 heavy (non-hydrogen) atoms. The number of hydrogen-bond donors (Lipinski definition) is 1. The molecule has 0 spiro atoms. The van der Waals surface area contributed by atoms with Gasteiger partial charge in [0, 0.05) is 24.4 Å². The molecule has 1 aromatic heterocycles. The van der Waals surface area contributed by atoms with Crippen LogP contribution in [0.5, 0.6) is 0 Å². The van der Waals surface area contributed by atoms with E-state index in [0.29, 0.717) is 17.8 Å². The average molecular weight is 275 g/mol. The fourth-order valence-corrected chi connectivity index (χ4v) is 3.35. The van der Waals surface area contributed by atoms with Crippen molar-refractivity contribution in [3.63, 3.8) is 0 Å². The van der Waals surface area contributed by atoms with E-state index in [1.165, 1.54) is 18.6 Å². The summed E-state index contributed by atoms with van der Waals surface area (Å²) in [5.41, 5.74) is 2.07. The SMILES string of the molecule is Cc1nnc(-c2ccccc2NC2CCCSC2)o1. The zero-order valence-corrected chi connectivity index (χ0v) is 11.7. The minimum Gasteiger partial charge on any atom is -0.421 e. The Kier molecular flexibility index (Phi) is 3.73. The number of anilines is 1. The number of thioether (sulfide) groups is 1. The van der Waals surface area contributed by atoms with Crippen LogP contribution in [-0.2, 0) is 0 Å². The van der Waals surface area contributed by atoms with Gasteiger partial charge < -0.3 is 9.73 Å². The molecule has 1 aromatic carbocycles. The van der Waals surface area contributed by atoms with Gasteiger partial charge in [-0.05, 0) is 30.7 Å². The van der Waals surface area contributed by atoms with E-state index >= 15 is 0 Å². The van der Waals surface area contributed by atoms with Gasteiger partial charge in [0.15, 0.2) is 0 Å². The van der Waals surface area contributed by atoms with E-state index < -0.39 is 0 Å². The molecule has 0 aliphatic carbocycles. The van der Waals surface area contributed by atoms with E-state index in [9.17, 15) is 0 Å². The highest BCUT2D eigenvalue weighted by molar-refractivity contribution is 7.99. The van der Waals surface area contributed by atoms with Gasteiger partial charge in [0.05, 0.1) is 5.56 Å². The van der Waals surface area contributed by atoms with Gasteiger partial charge in [0.2, 0.25) is 11.8 Å². The molecule has 1 aliphatic rings. The highest BCUT2D eigenvalue weighted by Crippen LogP contribution is 2.29. The van der Waals surface area contributed by atoms with E-state index in [4.69, 9.17) is 4.42 Å². The second-order valence-electron chi connectivity index (χ2n) is 4.73. The van der Waals surface area contributed by atoms with Gasteiger partial charge in [-0.3, -0.25) is 0 Å². The zero-order chi connectivity index (χ0) is 13.1. The lowest BCUT2D eigenvalue weighted by Crippen LogP contribution is -2.25. The quantitative estimate of drug-likeness (QED) is 0.931. The molecular formula is C14H17N3OS. The fourth-order valence-electron chi connectivity index (χ4n) is 2.28. The first-order valence-electron chi connectivity index (χ1n) is 6.57. The molecule has 0 radical (unpaired) electrons. The topological polar surface area (TPSA) is 51.0 Å². The van der Waals surface area contributed by atoms with Crippen molar-refractivity contribution in [2.24, 2.45) is 0 Å². The summed E-state index contributed by atoms with van der Waals surface area (Å²) in [4.78, 5) is 0. The number of nitrogens with zero attached hydrogens (tertiary/aromatic N) is 2. The summed E-state index contributed by atoms with van der Waals surface area (Å²) < 4.78 is 5.53. The number of rotatable bonds is 3. The van der Waals surface area contributed by atoms with Crippen molar-refractivity contribution >= 4 is 17.4 Å². The van der Waals surface area contributed by atoms with E-state index in [2.05, 4.69) is 21.6 Å². The summed E-state index contributed by atoms with van der Waals surface area (Å²) in [5, 5.41) is 11.6. The zero-order valence-electron chi connectivity index (χ0n) is 10.9. The van der Waals surface area contributed by atoms with Crippen molar-refractivity contribution in [2.45, 2.75) is 25.8 Å². The Bertz CT molecular complexity index is 549. The molecule has 0 bridgehead atoms. The van der Waals surface area contributed by atoms with Gasteiger partial charge in [0.25, 0.3) is 0 Å². The van der Waals surface area contributed by atoms with E-state index in [1.54, 1.807) is 0 Å². The Hall–Kier alpha value is -1.49. The molecule has 4 nitrogen and oxygen atoms in total. The maximum absolute atomic E-state index is 5.53. The number of nitrogens with one attached hydrogen (secondary N) is 1. The first kappa shape index (κ1) is 12.5. The molecule has 1 fully saturated rings. The molecule has 1 saturated heterocycles. The first-order chi connectivity index (χ1) is 9.33. The number of hydrogen-bond acceptors (Lipinski definition) is 5. The van der Waals surface area contributed by atoms with Crippen LogP contribution < -0.4 is 5.32 Å². The van der Waals surface area contributed by atoms with Gasteiger partial charge in [-0.2, -0.15) is 11.8 Å². The highest BCUT2D eigenvalue weighted by Gasteiger charge is 2.17. The van der Waals surface area contributed by atoms with E-state index in [0.717, 1.165) is 17.0 Å². The minimum atomic E-state index is 0.531. The maximum Gasteiger partial charge on any atom is 0.249 e. The normalized spacial score (nSPS) is 19.3. The van der Waals surface area contributed by atoms with Crippen LogP contribution in [0.3, 0.4) is 0 Å². The Labute approximate surface area is 117 Å². The molecular weight excluding hydrogens is 258 g/mol. The Morgan fingerprint density at radius 1 is 1.32 bits per heavy atom. The van der Waals surface area contributed by atoms with Gasteiger partial charge in [-0.25, -0.2) is 0 Å². The maximum atomic E-state index is 5.53. The van der Waals surface area contributed by atoms with Crippen LogP contribution in [0.1, 0.15) is 18.7 Å². The molecule has 1 unspecified atom stereocenters.